The summed E-state index contributed by atoms with van der Waals surface area (Å²) in [4.78, 5) is 13.9. The predicted molar refractivity (Wildman–Crippen MR) is 75.7 cm³/mol. The summed E-state index contributed by atoms with van der Waals surface area (Å²) >= 11 is 1.63. The Bertz CT molecular complexity index is 383. The molecule has 98 valence electrons. The number of nitrogens with zero attached hydrogens (tertiary/aromatic N) is 1. The van der Waals surface area contributed by atoms with E-state index in [1.165, 1.54) is 0 Å². The third-order valence-corrected chi connectivity index (χ3v) is 3.61. The molecule has 1 aliphatic rings. The van der Waals surface area contributed by atoms with E-state index in [9.17, 15) is 4.79 Å². The first-order valence-corrected chi connectivity index (χ1v) is 7.20. The molecule has 2 heterocycles. The van der Waals surface area contributed by atoms with Crippen LogP contribution in [0.15, 0.2) is 22.9 Å². The lowest BCUT2D eigenvalue weighted by molar-refractivity contribution is -0.116. The van der Waals surface area contributed by atoms with E-state index in [0.29, 0.717) is 6.54 Å². The number of hydrogen-bond donors (Lipinski definition) is 2. The van der Waals surface area contributed by atoms with Crippen molar-refractivity contribution in [1.29, 1.82) is 0 Å². The first-order chi connectivity index (χ1) is 8.84. The largest absolute Gasteiger partial charge is 0.351 e. The van der Waals surface area contributed by atoms with Gasteiger partial charge in [0.15, 0.2) is 0 Å². The molecule has 0 atom stereocenters. The van der Waals surface area contributed by atoms with Crippen LogP contribution < -0.4 is 10.6 Å². The smallest absolute Gasteiger partial charge is 0.244 e. The number of hydrogen-bond acceptors (Lipinski definition) is 4. The normalized spacial score (nSPS) is 17.1. The maximum Gasteiger partial charge on any atom is 0.244 e. The van der Waals surface area contributed by atoms with Gasteiger partial charge >= 0.3 is 0 Å². The quantitative estimate of drug-likeness (QED) is 0.774. The Kier molecular flexibility index (Phi) is 5.38. The van der Waals surface area contributed by atoms with Gasteiger partial charge in [-0.1, -0.05) is 0 Å². The topological polar surface area (TPSA) is 44.4 Å². The zero-order valence-corrected chi connectivity index (χ0v) is 11.2. The molecule has 2 rings (SSSR count). The van der Waals surface area contributed by atoms with Gasteiger partial charge in [-0.25, -0.2) is 0 Å². The maximum absolute atomic E-state index is 11.6. The van der Waals surface area contributed by atoms with Gasteiger partial charge in [0.1, 0.15) is 0 Å². The summed E-state index contributed by atoms with van der Waals surface area (Å²) in [5.41, 5.74) is 1.08. The first-order valence-electron chi connectivity index (χ1n) is 6.26. The van der Waals surface area contributed by atoms with Crippen LogP contribution in [0.25, 0.3) is 6.08 Å². The van der Waals surface area contributed by atoms with Crippen LogP contribution in [0.1, 0.15) is 5.56 Å². The van der Waals surface area contributed by atoms with Crippen molar-refractivity contribution in [1.82, 2.24) is 15.5 Å². The SMILES string of the molecule is O=C(/C=C/c1ccsc1)NCCN1CCNCC1. The number of piperazine rings is 1. The highest BCUT2D eigenvalue weighted by Gasteiger charge is 2.08. The Morgan fingerprint density at radius 1 is 1.50 bits per heavy atom. The van der Waals surface area contributed by atoms with Gasteiger partial charge in [0.25, 0.3) is 0 Å². The maximum atomic E-state index is 11.6. The van der Waals surface area contributed by atoms with Crippen LogP contribution in [0.4, 0.5) is 0 Å². The summed E-state index contributed by atoms with van der Waals surface area (Å²) < 4.78 is 0. The number of nitrogens with one attached hydrogen (secondary N) is 2. The molecule has 1 aromatic heterocycles. The number of thiophene rings is 1. The fraction of sp³-hybridized carbons (Fsp3) is 0.462. The number of rotatable bonds is 5. The summed E-state index contributed by atoms with van der Waals surface area (Å²) in [5.74, 6) is -0.0173. The van der Waals surface area contributed by atoms with Gasteiger partial charge in [-0.3, -0.25) is 9.69 Å². The minimum Gasteiger partial charge on any atom is -0.351 e. The number of carbonyl (C=O) groups excluding carboxylic acids is 1. The van der Waals surface area contributed by atoms with Crippen molar-refractivity contribution >= 4 is 23.3 Å². The molecule has 0 aliphatic carbocycles. The fourth-order valence-corrected chi connectivity index (χ4v) is 2.50. The van der Waals surface area contributed by atoms with Gasteiger partial charge in [-0.15, -0.1) is 0 Å². The number of amides is 1. The average molecular weight is 265 g/mol. The standard InChI is InChI=1S/C13H19N3OS/c17-13(2-1-12-3-10-18-11-12)15-6-9-16-7-4-14-5-8-16/h1-3,10-11,14H,4-9H2,(H,15,17)/b2-1+. The minimum absolute atomic E-state index is 0.0173. The van der Waals surface area contributed by atoms with E-state index < -0.39 is 0 Å². The van der Waals surface area contributed by atoms with E-state index in [-0.39, 0.29) is 5.91 Å². The molecule has 4 nitrogen and oxygen atoms in total. The summed E-state index contributed by atoms with van der Waals surface area (Å²) in [6.07, 6.45) is 3.44. The second kappa shape index (κ2) is 7.31. The van der Waals surface area contributed by atoms with Crippen LogP contribution in [0.5, 0.6) is 0 Å². The summed E-state index contributed by atoms with van der Waals surface area (Å²) in [6, 6.07) is 2.00. The van der Waals surface area contributed by atoms with Crippen LogP contribution in [0.2, 0.25) is 0 Å². The lowest BCUT2D eigenvalue weighted by atomic mass is 10.3. The van der Waals surface area contributed by atoms with Gasteiger partial charge in [-0.05, 0) is 28.5 Å². The molecule has 0 saturated carbocycles. The van der Waals surface area contributed by atoms with E-state index in [4.69, 9.17) is 0 Å². The second-order valence-corrected chi connectivity index (χ2v) is 5.05. The van der Waals surface area contributed by atoms with E-state index in [1.54, 1.807) is 17.4 Å². The van der Waals surface area contributed by atoms with Crippen LogP contribution >= 0.6 is 11.3 Å². The zero-order valence-electron chi connectivity index (χ0n) is 10.4. The lowest BCUT2D eigenvalue weighted by Crippen LogP contribution is -2.46. The molecule has 1 saturated heterocycles. The van der Waals surface area contributed by atoms with Crippen molar-refractivity contribution in [3.8, 4) is 0 Å². The van der Waals surface area contributed by atoms with Crippen LogP contribution in [-0.4, -0.2) is 50.1 Å². The highest BCUT2D eigenvalue weighted by atomic mass is 32.1. The van der Waals surface area contributed by atoms with Crippen molar-refractivity contribution in [2.75, 3.05) is 39.3 Å². The van der Waals surface area contributed by atoms with Gasteiger partial charge in [-0.2, -0.15) is 11.3 Å². The van der Waals surface area contributed by atoms with E-state index in [1.807, 2.05) is 22.9 Å². The summed E-state index contributed by atoms with van der Waals surface area (Å²) in [6.45, 7) is 5.88. The molecule has 1 aliphatic heterocycles. The molecule has 1 aromatic rings. The molecule has 0 aromatic carbocycles. The monoisotopic (exact) mass is 265 g/mol. The zero-order chi connectivity index (χ0) is 12.6. The fourth-order valence-electron chi connectivity index (χ4n) is 1.87. The minimum atomic E-state index is -0.0173. The average Bonchev–Trinajstić information content (AvgIpc) is 2.91. The van der Waals surface area contributed by atoms with Crippen LogP contribution in [0.3, 0.4) is 0 Å². The Balaban J connectivity index is 1.62. The van der Waals surface area contributed by atoms with Gasteiger partial charge in [0.2, 0.25) is 5.91 Å². The third kappa shape index (κ3) is 4.60. The molecule has 18 heavy (non-hydrogen) atoms. The molecule has 1 amide bonds. The second-order valence-electron chi connectivity index (χ2n) is 4.27. The van der Waals surface area contributed by atoms with Crippen molar-refractivity contribution in [3.63, 3.8) is 0 Å². The van der Waals surface area contributed by atoms with Crippen LogP contribution in [0, 0.1) is 0 Å². The predicted octanol–water partition coefficient (Wildman–Crippen LogP) is 0.783. The molecule has 0 unspecified atom stereocenters. The van der Waals surface area contributed by atoms with E-state index in [2.05, 4.69) is 15.5 Å². The Morgan fingerprint density at radius 3 is 3.06 bits per heavy atom. The van der Waals surface area contributed by atoms with Gasteiger partial charge in [0.05, 0.1) is 0 Å². The van der Waals surface area contributed by atoms with Crippen molar-refractivity contribution in [2.45, 2.75) is 0 Å². The van der Waals surface area contributed by atoms with Crippen molar-refractivity contribution in [3.05, 3.63) is 28.5 Å². The molecule has 5 heteroatoms. The molecule has 0 bridgehead atoms. The molecule has 2 N–H and O–H groups in total. The first kappa shape index (κ1) is 13.3. The Morgan fingerprint density at radius 2 is 2.33 bits per heavy atom. The van der Waals surface area contributed by atoms with Gasteiger partial charge < -0.3 is 10.6 Å². The van der Waals surface area contributed by atoms with E-state index in [0.717, 1.165) is 38.3 Å². The summed E-state index contributed by atoms with van der Waals surface area (Å²) in [5, 5.41) is 10.2. The molecule has 1 fully saturated rings. The summed E-state index contributed by atoms with van der Waals surface area (Å²) in [7, 11) is 0. The van der Waals surface area contributed by atoms with Crippen molar-refractivity contribution in [2.24, 2.45) is 0 Å². The highest BCUT2D eigenvalue weighted by molar-refractivity contribution is 7.08. The molecular formula is C13H19N3OS. The lowest BCUT2D eigenvalue weighted by Gasteiger charge is -2.26. The Labute approximate surface area is 112 Å². The molecule has 0 radical (unpaired) electrons. The van der Waals surface area contributed by atoms with Crippen molar-refractivity contribution < 1.29 is 4.79 Å². The van der Waals surface area contributed by atoms with Gasteiger partial charge in [0, 0.05) is 45.3 Å². The number of carbonyl (C=O) groups is 1. The molecule has 0 spiro atoms. The Hall–Kier alpha value is -1.17. The van der Waals surface area contributed by atoms with E-state index >= 15 is 0 Å². The highest BCUT2D eigenvalue weighted by Crippen LogP contribution is 2.07. The third-order valence-electron chi connectivity index (χ3n) is 2.91. The van der Waals surface area contributed by atoms with Crippen LogP contribution in [-0.2, 0) is 4.79 Å². The molecular weight excluding hydrogens is 246 g/mol.